The van der Waals surface area contributed by atoms with Gasteiger partial charge < -0.3 is 15.4 Å². The number of amides is 3. The van der Waals surface area contributed by atoms with E-state index in [1.807, 2.05) is 6.07 Å². The van der Waals surface area contributed by atoms with Crippen LogP contribution in [0.15, 0.2) is 33.8 Å². The van der Waals surface area contributed by atoms with E-state index in [0.29, 0.717) is 18.0 Å². The van der Waals surface area contributed by atoms with Gasteiger partial charge in [0.15, 0.2) is 0 Å². The molecule has 9 heteroatoms. The van der Waals surface area contributed by atoms with Crippen molar-refractivity contribution in [2.75, 3.05) is 25.6 Å². The Morgan fingerprint density at radius 3 is 2.67 bits per heavy atom. The molecule has 0 aliphatic heterocycles. The number of halogens is 1. The predicted octanol–water partition coefficient (Wildman–Crippen LogP) is 1.03. The molecule has 3 N–H and O–H groups in total. The summed E-state index contributed by atoms with van der Waals surface area (Å²) in [4.78, 5) is 34.7. The Labute approximate surface area is 148 Å². The molecule has 0 radical (unpaired) electrons. The lowest BCUT2D eigenvalue weighted by molar-refractivity contribution is -0.139. The number of carbonyl (C=O) groups is 3. The van der Waals surface area contributed by atoms with Crippen LogP contribution in [-0.2, 0) is 19.1 Å². The summed E-state index contributed by atoms with van der Waals surface area (Å²) in [6.45, 7) is 2.10. The third-order valence-corrected chi connectivity index (χ3v) is 3.16. The number of carbonyl (C=O) groups excluding carboxylic acids is 3. The summed E-state index contributed by atoms with van der Waals surface area (Å²) in [7, 11) is 1.49. The Balaban J connectivity index is 2.41. The molecular formula is C15H19BrN4O4. The summed E-state index contributed by atoms with van der Waals surface area (Å²) in [6.07, 6.45) is -0.0158. The SMILES string of the molecule is COCCNC(=O)C(=O)N/N=C(/C)CC(=O)Nc1cccc(Br)c1. The van der Waals surface area contributed by atoms with Crippen LogP contribution >= 0.6 is 15.9 Å². The maximum atomic E-state index is 11.9. The first-order valence-corrected chi connectivity index (χ1v) is 7.87. The van der Waals surface area contributed by atoms with Crippen molar-refractivity contribution in [3.63, 3.8) is 0 Å². The number of hydrogen-bond donors (Lipinski definition) is 3. The molecule has 0 unspecified atom stereocenters. The Hall–Kier alpha value is -2.26. The van der Waals surface area contributed by atoms with Crippen LogP contribution in [0.1, 0.15) is 13.3 Å². The van der Waals surface area contributed by atoms with Crippen LogP contribution in [0.5, 0.6) is 0 Å². The van der Waals surface area contributed by atoms with Crippen molar-refractivity contribution in [1.29, 1.82) is 0 Å². The fraction of sp³-hybridized carbons (Fsp3) is 0.333. The second kappa shape index (κ2) is 10.5. The number of anilines is 1. The van der Waals surface area contributed by atoms with E-state index in [-0.39, 0.29) is 18.9 Å². The molecule has 0 spiro atoms. The summed E-state index contributed by atoms with van der Waals surface area (Å²) in [5.41, 5.74) is 3.10. The third kappa shape index (κ3) is 7.84. The molecule has 0 atom stereocenters. The molecule has 1 aromatic rings. The highest BCUT2D eigenvalue weighted by Gasteiger charge is 2.12. The maximum absolute atomic E-state index is 11.9. The molecule has 130 valence electrons. The zero-order valence-electron chi connectivity index (χ0n) is 13.4. The van der Waals surface area contributed by atoms with Crippen LogP contribution in [0.2, 0.25) is 0 Å². The normalized spacial score (nSPS) is 10.9. The quantitative estimate of drug-likeness (QED) is 0.275. The third-order valence-electron chi connectivity index (χ3n) is 2.67. The van der Waals surface area contributed by atoms with Crippen LogP contribution in [0.4, 0.5) is 5.69 Å². The highest BCUT2D eigenvalue weighted by molar-refractivity contribution is 9.10. The molecule has 0 bridgehead atoms. The maximum Gasteiger partial charge on any atom is 0.329 e. The molecule has 0 aromatic heterocycles. The molecule has 0 saturated carbocycles. The van der Waals surface area contributed by atoms with Gasteiger partial charge in [-0.3, -0.25) is 14.4 Å². The second-order valence-electron chi connectivity index (χ2n) is 4.77. The van der Waals surface area contributed by atoms with Gasteiger partial charge in [0.1, 0.15) is 0 Å². The van der Waals surface area contributed by atoms with Crippen LogP contribution in [0, 0.1) is 0 Å². The van der Waals surface area contributed by atoms with E-state index >= 15 is 0 Å². The number of nitrogens with zero attached hydrogens (tertiary/aromatic N) is 1. The lowest BCUT2D eigenvalue weighted by atomic mass is 10.2. The first kappa shape index (κ1) is 19.8. The summed E-state index contributed by atoms with van der Waals surface area (Å²) in [5, 5.41) is 8.79. The second-order valence-corrected chi connectivity index (χ2v) is 5.69. The fourth-order valence-corrected chi connectivity index (χ4v) is 1.99. The van der Waals surface area contributed by atoms with E-state index in [1.54, 1.807) is 25.1 Å². The molecule has 0 saturated heterocycles. The first-order valence-electron chi connectivity index (χ1n) is 7.08. The number of ether oxygens (including phenoxy) is 1. The Morgan fingerprint density at radius 2 is 2.00 bits per heavy atom. The molecule has 1 rings (SSSR count). The minimum atomic E-state index is -0.905. The van der Waals surface area contributed by atoms with Gasteiger partial charge in [-0.25, -0.2) is 5.43 Å². The molecule has 0 aliphatic rings. The zero-order valence-corrected chi connectivity index (χ0v) is 15.0. The van der Waals surface area contributed by atoms with Gasteiger partial charge in [0.2, 0.25) is 5.91 Å². The van der Waals surface area contributed by atoms with Crippen molar-refractivity contribution in [3.05, 3.63) is 28.7 Å². The summed E-state index contributed by atoms with van der Waals surface area (Å²) < 4.78 is 5.59. The minimum Gasteiger partial charge on any atom is -0.383 e. The van der Waals surface area contributed by atoms with E-state index in [1.165, 1.54) is 7.11 Å². The Kier molecular flexibility index (Phi) is 8.66. The van der Waals surface area contributed by atoms with E-state index in [4.69, 9.17) is 4.74 Å². The van der Waals surface area contributed by atoms with E-state index in [2.05, 4.69) is 37.1 Å². The molecule has 24 heavy (non-hydrogen) atoms. The number of rotatable bonds is 7. The van der Waals surface area contributed by atoms with Crippen molar-refractivity contribution in [3.8, 4) is 0 Å². The molecule has 3 amide bonds. The van der Waals surface area contributed by atoms with Gasteiger partial charge in [-0.1, -0.05) is 22.0 Å². The van der Waals surface area contributed by atoms with Crippen molar-refractivity contribution in [1.82, 2.24) is 10.7 Å². The highest BCUT2D eigenvalue weighted by Crippen LogP contribution is 2.15. The van der Waals surface area contributed by atoms with Crippen molar-refractivity contribution < 1.29 is 19.1 Å². The van der Waals surface area contributed by atoms with Gasteiger partial charge in [-0.05, 0) is 25.1 Å². The summed E-state index contributed by atoms with van der Waals surface area (Å²) >= 11 is 3.31. The number of benzene rings is 1. The number of hydrazone groups is 1. The molecule has 8 nitrogen and oxygen atoms in total. The van der Waals surface area contributed by atoms with Gasteiger partial charge in [0, 0.05) is 29.5 Å². The predicted molar refractivity (Wildman–Crippen MR) is 93.5 cm³/mol. The standard InChI is InChI=1S/C15H19BrN4O4/c1-10(19-20-15(23)14(22)17-6-7-24-2)8-13(21)18-12-5-3-4-11(16)9-12/h3-5,9H,6-8H2,1-2H3,(H,17,22)(H,18,21)(H,20,23)/b19-10-. The first-order chi connectivity index (χ1) is 11.4. The van der Waals surface area contributed by atoms with Crippen LogP contribution in [0.25, 0.3) is 0 Å². The van der Waals surface area contributed by atoms with Crippen molar-refractivity contribution in [2.45, 2.75) is 13.3 Å². The molecule has 0 heterocycles. The largest absolute Gasteiger partial charge is 0.383 e. The molecule has 0 fully saturated rings. The van der Waals surface area contributed by atoms with Crippen LogP contribution < -0.4 is 16.1 Å². The summed E-state index contributed by atoms with van der Waals surface area (Å²) in [5.74, 6) is -2.01. The van der Waals surface area contributed by atoms with E-state index in [0.717, 1.165) is 4.47 Å². The van der Waals surface area contributed by atoms with E-state index < -0.39 is 11.8 Å². The van der Waals surface area contributed by atoms with Crippen LogP contribution in [-0.4, -0.2) is 43.7 Å². The van der Waals surface area contributed by atoms with Gasteiger partial charge in [-0.15, -0.1) is 0 Å². The lowest BCUT2D eigenvalue weighted by Crippen LogP contribution is -2.39. The monoisotopic (exact) mass is 398 g/mol. The van der Waals surface area contributed by atoms with Crippen molar-refractivity contribution in [2.24, 2.45) is 5.10 Å². The topological polar surface area (TPSA) is 109 Å². The highest BCUT2D eigenvalue weighted by atomic mass is 79.9. The molecular weight excluding hydrogens is 380 g/mol. The summed E-state index contributed by atoms with van der Waals surface area (Å²) in [6, 6.07) is 7.15. The Morgan fingerprint density at radius 1 is 1.25 bits per heavy atom. The number of methoxy groups -OCH3 is 1. The smallest absolute Gasteiger partial charge is 0.329 e. The lowest BCUT2D eigenvalue weighted by Gasteiger charge is -2.06. The molecule has 1 aromatic carbocycles. The van der Waals surface area contributed by atoms with Gasteiger partial charge in [-0.2, -0.15) is 5.10 Å². The average Bonchev–Trinajstić information content (AvgIpc) is 2.52. The number of hydrogen-bond acceptors (Lipinski definition) is 5. The molecule has 0 aliphatic carbocycles. The van der Waals surface area contributed by atoms with Gasteiger partial charge in [0.25, 0.3) is 0 Å². The zero-order chi connectivity index (χ0) is 17.9. The Bertz CT molecular complexity index is 634. The van der Waals surface area contributed by atoms with Crippen LogP contribution in [0.3, 0.4) is 0 Å². The van der Waals surface area contributed by atoms with Crippen molar-refractivity contribution >= 4 is 45.1 Å². The minimum absolute atomic E-state index is 0.0158. The average molecular weight is 399 g/mol. The van der Waals surface area contributed by atoms with E-state index in [9.17, 15) is 14.4 Å². The van der Waals surface area contributed by atoms with Gasteiger partial charge in [0.05, 0.1) is 13.0 Å². The van der Waals surface area contributed by atoms with Gasteiger partial charge >= 0.3 is 11.8 Å². The fourth-order valence-electron chi connectivity index (χ4n) is 1.59. The number of nitrogens with one attached hydrogen (secondary N) is 3.